The van der Waals surface area contributed by atoms with E-state index in [0.29, 0.717) is 22.3 Å². The van der Waals surface area contributed by atoms with E-state index in [2.05, 4.69) is 24.2 Å². The fourth-order valence-electron chi connectivity index (χ4n) is 5.21. The molecule has 34 heavy (non-hydrogen) atoms. The lowest BCUT2D eigenvalue weighted by atomic mass is 9.72. The third-order valence-corrected chi connectivity index (χ3v) is 7.30. The molecule has 5 nitrogen and oxygen atoms in total. The van der Waals surface area contributed by atoms with E-state index < -0.39 is 0 Å². The van der Waals surface area contributed by atoms with E-state index in [-0.39, 0.29) is 11.0 Å². The van der Waals surface area contributed by atoms with Gasteiger partial charge in [0.2, 0.25) is 5.43 Å². The first-order chi connectivity index (χ1) is 16.5. The fraction of sp³-hybridized carbons (Fsp3) is 0.241. The topological polar surface area (TPSA) is 74.0 Å². The maximum Gasteiger partial charge on any atom is 0.201 e. The van der Waals surface area contributed by atoms with Crippen molar-refractivity contribution >= 4 is 21.9 Å². The van der Waals surface area contributed by atoms with E-state index in [9.17, 15) is 4.79 Å². The minimum absolute atomic E-state index is 0.0416. The van der Waals surface area contributed by atoms with Crippen LogP contribution in [0.5, 0.6) is 0 Å². The van der Waals surface area contributed by atoms with Crippen molar-refractivity contribution in [2.75, 3.05) is 0 Å². The SMILES string of the molecule is CCc1nn(C)c2c1ccc1c(=O)c(-c3ccc(C4(N)CCC4)cc3)c(-c3ccccc3)oc12. The number of hydrogen-bond donors (Lipinski definition) is 1. The van der Waals surface area contributed by atoms with Crippen molar-refractivity contribution in [2.45, 2.75) is 38.1 Å². The highest BCUT2D eigenvalue weighted by Gasteiger charge is 2.34. The molecule has 6 rings (SSSR count). The number of rotatable bonds is 4. The minimum atomic E-state index is -0.239. The summed E-state index contributed by atoms with van der Waals surface area (Å²) in [6.07, 6.45) is 3.97. The van der Waals surface area contributed by atoms with Crippen molar-refractivity contribution < 1.29 is 4.42 Å². The summed E-state index contributed by atoms with van der Waals surface area (Å²) in [6.45, 7) is 2.08. The van der Waals surface area contributed by atoms with Crippen LogP contribution in [-0.4, -0.2) is 9.78 Å². The van der Waals surface area contributed by atoms with Gasteiger partial charge in [0.25, 0.3) is 0 Å². The number of aryl methyl sites for hydroxylation is 2. The molecular formula is C29H27N3O2. The summed E-state index contributed by atoms with van der Waals surface area (Å²) >= 11 is 0. The predicted molar refractivity (Wildman–Crippen MR) is 137 cm³/mol. The first kappa shape index (κ1) is 20.9. The van der Waals surface area contributed by atoms with Crippen molar-refractivity contribution in [1.29, 1.82) is 0 Å². The predicted octanol–water partition coefficient (Wildman–Crippen LogP) is 5.91. The molecule has 5 heteroatoms. The lowest BCUT2D eigenvalue weighted by Crippen LogP contribution is -2.43. The molecule has 3 aromatic carbocycles. The van der Waals surface area contributed by atoms with Gasteiger partial charge in [0, 0.05) is 23.5 Å². The van der Waals surface area contributed by atoms with Crippen molar-refractivity contribution in [3.8, 4) is 22.5 Å². The molecule has 1 aliphatic carbocycles. The van der Waals surface area contributed by atoms with E-state index in [1.165, 1.54) is 0 Å². The van der Waals surface area contributed by atoms with Crippen LogP contribution in [0, 0.1) is 0 Å². The quantitative estimate of drug-likeness (QED) is 0.370. The Morgan fingerprint density at radius 1 is 0.971 bits per heavy atom. The zero-order valence-corrected chi connectivity index (χ0v) is 19.5. The molecule has 0 saturated heterocycles. The van der Waals surface area contributed by atoms with Crippen LogP contribution in [0.2, 0.25) is 0 Å². The van der Waals surface area contributed by atoms with E-state index in [4.69, 9.17) is 10.2 Å². The van der Waals surface area contributed by atoms with Gasteiger partial charge in [-0.15, -0.1) is 0 Å². The Morgan fingerprint density at radius 2 is 1.68 bits per heavy atom. The number of aromatic nitrogens is 2. The molecule has 0 atom stereocenters. The van der Waals surface area contributed by atoms with Gasteiger partial charge in [-0.25, -0.2) is 0 Å². The van der Waals surface area contributed by atoms with E-state index >= 15 is 0 Å². The van der Waals surface area contributed by atoms with Gasteiger partial charge in [-0.05, 0) is 48.9 Å². The highest BCUT2D eigenvalue weighted by Crippen LogP contribution is 2.40. The molecule has 0 radical (unpaired) electrons. The van der Waals surface area contributed by atoms with Gasteiger partial charge in [-0.2, -0.15) is 5.10 Å². The summed E-state index contributed by atoms with van der Waals surface area (Å²) in [5.41, 5.74) is 12.1. The molecule has 0 spiro atoms. The summed E-state index contributed by atoms with van der Waals surface area (Å²) in [6, 6.07) is 21.8. The Balaban J connectivity index is 1.65. The summed E-state index contributed by atoms with van der Waals surface area (Å²) in [7, 11) is 1.90. The lowest BCUT2D eigenvalue weighted by Gasteiger charge is -2.38. The molecule has 1 fully saturated rings. The number of nitrogens with zero attached hydrogens (tertiary/aromatic N) is 2. The van der Waals surface area contributed by atoms with E-state index in [1.54, 1.807) is 0 Å². The largest absolute Gasteiger partial charge is 0.453 e. The number of fused-ring (bicyclic) bond motifs is 3. The second kappa shape index (κ2) is 7.67. The number of benzene rings is 3. The Morgan fingerprint density at radius 3 is 2.32 bits per heavy atom. The standard InChI is InChI=1S/C29H27N3O2/c1-3-23-21-14-15-22-26(33)24(18-10-12-20(13-11-18)29(30)16-7-17-29)27(19-8-5-4-6-9-19)34-28(22)25(21)32(2)31-23/h4-6,8-15H,3,7,16-17,30H2,1-2H3. The summed E-state index contributed by atoms with van der Waals surface area (Å²) in [5, 5.41) is 6.24. The first-order valence-corrected chi connectivity index (χ1v) is 11.9. The van der Waals surface area contributed by atoms with Crippen LogP contribution in [-0.2, 0) is 19.0 Å². The zero-order chi connectivity index (χ0) is 23.4. The molecule has 170 valence electrons. The second-order valence-electron chi connectivity index (χ2n) is 9.35. The minimum Gasteiger partial charge on any atom is -0.453 e. The number of nitrogens with two attached hydrogens (primary N) is 1. The maximum absolute atomic E-state index is 14.0. The molecule has 2 heterocycles. The zero-order valence-electron chi connectivity index (χ0n) is 19.5. The normalized spacial score (nSPS) is 15.0. The third kappa shape index (κ3) is 3.04. The fourth-order valence-corrected chi connectivity index (χ4v) is 5.21. The van der Waals surface area contributed by atoms with E-state index in [0.717, 1.165) is 59.0 Å². The summed E-state index contributed by atoms with van der Waals surface area (Å²) < 4.78 is 8.43. The second-order valence-corrected chi connectivity index (χ2v) is 9.35. The Labute approximate surface area is 197 Å². The molecule has 2 N–H and O–H groups in total. The van der Waals surface area contributed by atoms with E-state index in [1.807, 2.05) is 66.3 Å². The molecular weight excluding hydrogens is 422 g/mol. The highest BCUT2D eigenvalue weighted by molar-refractivity contribution is 6.05. The average molecular weight is 450 g/mol. The molecule has 1 aliphatic rings. The Hall–Kier alpha value is -3.70. The number of hydrogen-bond acceptors (Lipinski definition) is 4. The van der Waals surface area contributed by atoms with Crippen LogP contribution >= 0.6 is 0 Å². The van der Waals surface area contributed by atoms with Crippen LogP contribution < -0.4 is 11.2 Å². The van der Waals surface area contributed by atoms with Crippen LogP contribution in [0.15, 0.2) is 75.9 Å². The monoisotopic (exact) mass is 449 g/mol. The Kier molecular flexibility index (Phi) is 4.71. The highest BCUT2D eigenvalue weighted by atomic mass is 16.3. The van der Waals surface area contributed by atoms with Crippen LogP contribution in [0.4, 0.5) is 0 Å². The molecule has 0 amide bonds. The first-order valence-electron chi connectivity index (χ1n) is 11.9. The third-order valence-electron chi connectivity index (χ3n) is 7.30. The maximum atomic E-state index is 14.0. The van der Waals surface area contributed by atoms with Gasteiger partial charge in [0.05, 0.1) is 16.6 Å². The molecule has 0 bridgehead atoms. The molecule has 2 aromatic heterocycles. The van der Waals surface area contributed by atoms with Crippen LogP contribution in [0.3, 0.4) is 0 Å². The van der Waals surface area contributed by atoms with Crippen LogP contribution in [0.1, 0.15) is 37.4 Å². The summed E-state index contributed by atoms with van der Waals surface area (Å²) in [5.74, 6) is 0.573. The average Bonchev–Trinajstić information content (AvgIpc) is 3.19. The van der Waals surface area contributed by atoms with Gasteiger partial charge < -0.3 is 10.2 Å². The van der Waals surface area contributed by atoms with Gasteiger partial charge in [-0.1, -0.05) is 61.5 Å². The van der Waals surface area contributed by atoms with Crippen molar-refractivity contribution in [1.82, 2.24) is 9.78 Å². The molecule has 0 aliphatic heterocycles. The van der Waals surface area contributed by atoms with Gasteiger partial charge in [0.1, 0.15) is 11.3 Å². The smallest absolute Gasteiger partial charge is 0.201 e. The molecule has 5 aromatic rings. The Bertz CT molecular complexity index is 1590. The van der Waals surface area contributed by atoms with Gasteiger partial charge >= 0.3 is 0 Å². The van der Waals surface area contributed by atoms with Crippen LogP contribution in [0.25, 0.3) is 44.3 Å². The van der Waals surface area contributed by atoms with Crippen molar-refractivity contribution in [3.05, 3.63) is 88.2 Å². The summed E-state index contributed by atoms with van der Waals surface area (Å²) in [4.78, 5) is 14.0. The molecule has 0 unspecified atom stereocenters. The van der Waals surface area contributed by atoms with Crippen molar-refractivity contribution in [2.24, 2.45) is 12.8 Å². The lowest BCUT2D eigenvalue weighted by molar-refractivity contribution is 0.253. The van der Waals surface area contributed by atoms with Gasteiger partial charge in [0.15, 0.2) is 5.58 Å². The molecule has 1 saturated carbocycles. The van der Waals surface area contributed by atoms with Gasteiger partial charge in [-0.3, -0.25) is 9.48 Å². The van der Waals surface area contributed by atoms with Crippen molar-refractivity contribution in [3.63, 3.8) is 0 Å².